The Morgan fingerprint density at radius 3 is 2.60 bits per heavy atom. The maximum Gasteiger partial charge on any atom is 0.248 e. The third-order valence-corrected chi connectivity index (χ3v) is 2.03. The molecule has 0 spiro atoms. The molecule has 6 heteroatoms. The minimum Gasteiger partial charge on any atom is -0.370 e. The predicted octanol–water partition coefficient (Wildman–Crippen LogP) is 0.535. The van der Waals surface area contributed by atoms with Gasteiger partial charge in [-0.15, -0.1) is 0 Å². The monoisotopic (exact) mass is 211 g/mol. The smallest absolute Gasteiger partial charge is 0.248 e. The van der Waals surface area contributed by atoms with Gasteiger partial charge in [0.2, 0.25) is 5.89 Å². The normalized spacial score (nSPS) is 11.8. The van der Waals surface area contributed by atoms with Gasteiger partial charge in [-0.2, -0.15) is 4.98 Å². The number of nitrogens with two attached hydrogens (primary N) is 1. The van der Waals surface area contributed by atoms with E-state index in [1.807, 2.05) is 18.7 Å². The molecule has 0 bridgehead atoms. The summed E-state index contributed by atoms with van der Waals surface area (Å²) in [7, 11) is 0. The zero-order chi connectivity index (χ0) is 11.3. The Balaban J connectivity index is 2.56. The standard InChI is InChI=1S/C9H17N5O/c1-4-14(5-2)9(10)11-6-8-12-7(3)13-15-8/h4-6H2,1-3H3,(H2,10,11). The molecule has 0 saturated carbocycles. The Hall–Kier alpha value is -1.59. The van der Waals surface area contributed by atoms with Gasteiger partial charge >= 0.3 is 0 Å². The first-order valence-corrected chi connectivity index (χ1v) is 5.01. The number of nitrogens with zero attached hydrogens (tertiary/aromatic N) is 4. The number of hydrogen-bond acceptors (Lipinski definition) is 4. The Labute approximate surface area is 89.2 Å². The average molecular weight is 211 g/mol. The van der Waals surface area contributed by atoms with Gasteiger partial charge in [-0.25, -0.2) is 4.99 Å². The number of hydrogen-bond donors (Lipinski definition) is 1. The van der Waals surface area contributed by atoms with Crippen molar-refractivity contribution in [2.24, 2.45) is 10.7 Å². The number of rotatable bonds is 4. The Morgan fingerprint density at radius 1 is 1.47 bits per heavy atom. The molecule has 0 aliphatic carbocycles. The van der Waals surface area contributed by atoms with Gasteiger partial charge in [0.1, 0.15) is 6.54 Å². The first-order valence-electron chi connectivity index (χ1n) is 5.01. The minimum absolute atomic E-state index is 0.336. The van der Waals surface area contributed by atoms with Crippen molar-refractivity contribution < 1.29 is 4.52 Å². The van der Waals surface area contributed by atoms with E-state index in [0.29, 0.717) is 24.2 Å². The summed E-state index contributed by atoms with van der Waals surface area (Å²) in [6.45, 7) is 7.85. The lowest BCUT2D eigenvalue weighted by Crippen LogP contribution is -2.37. The molecule has 0 radical (unpaired) electrons. The van der Waals surface area contributed by atoms with E-state index < -0.39 is 0 Å². The second-order valence-electron chi connectivity index (χ2n) is 3.08. The van der Waals surface area contributed by atoms with Crippen molar-refractivity contribution in [1.82, 2.24) is 15.0 Å². The molecular weight excluding hydrogens is 194 g/mol. The highest BCUT2D eigenvalue weighted by Gasteiger charge is 2.04. The van der Waals surface area contributed by atoms with Crippen molar-refractivity contribution in [3.8, 4) is 0 Å². The molecule has 0 saturated heterocycles. The van der Waals surface area contributed by atoms with Crippen LogP contribution in [0, 0.1) is 6.92 Å². The van der Waals surface area contributed by atoms with E-state index in [1.165, 1.54) is 0 Å². The third kappa shape index (κ3) is 3.23. The van der Waals surface area contributed by atoms with Crippen LogP contribution in [0.4, 0.5) is 0 Å². The molecule has 1 rings (SSSR count). The summed E-state index contributed by atoms with van der Waals surface area (Å²) in [6.07, 6.45) is 0. The van der Waals surface area contributed by atoms with Gasteiger partial charge in [-0.3, -0.25) is 0 Å². The van der Waals surface area contributed by atoms with Gasteiger partial charge in [-0.1, -0.05) is 5.16 Å². The molecular formula is C9H17N5O. The maximum atomic E-state index is 5.78. The number of aryl methyl sites for hydroxylation is 1. The highest BCUT2D eigenvalue weighted by atomic mass is 16.5. The zero-order valence-corrected chi connectivity index (χ0v) is 9.40. The van der Waals surface area contributed by atoms with E-state index in [1.54, 1.807) is 6.92 Å². The number of aliphatic imine (C=N–C) groups is 1. The summed E-state index contributed by atoms with van der Waals surface area (Å²) >= 11 is 0. The first kappa shape index (κ1) is 11.5. The van der Waals surface area contributed by atoms with Gasteiger partial charge in [0.25, 0.3) is 0 Å². The van der Waals surface area contributed by atoms with E-state index in [2.05, 4.69) is 15.1 Å². The molecule has 0 aliphatic rings. The van der Waals surface area contributed by atoms with E-state index in [0.717, 1.165) is 13.1 Å². The first-order chi connectivity index (χ1) is 7.17. The average Bonchev–Trinajstić information content (AvgIpc) is 2.63. The fourth-order valence-corrected chi connectivity index (χ4v) is 1.20. The van der Waals surface area contributed by atoms with E-state index in [9.17, 15) is 0 Å². The summed E-state index contributed by atoms with van der Waals surface area (Å²) in [4.78, 5) is 10.2. The fourth-order valence-electron chi connectivity index (χ4n) is 1.20. The van der Waals surface area contributed by atoms with Crippen molar-refractivity contribution in [3.05, 3.63) is 11.7 Å². The van der Waals surface area contributed by atoms with E-state index in [-0.39, 0.29) is 0 Å². The summed E-state index contributed by atoms with van der Waals surface area (Å²) in [5.41, 5.74) is 5.78. The van der Waals surface area contributed by atoms with Crippen LogP contribution in [0.2, 0.25) is 0 Å². The Kier molecular flexibility index (Phi) is 4.08. The van der Waals surface area contributed by atoms with Gasteiger partial charge in [0, 0.05) is 13.1 Å². The lowest BCUT2D eigenvalue weighted by molar-refractivity contribution is 0.375. The molecule has 0 amide bonds. The fraction of sp³-hybridized carbons (Fsp3) is 0.667. The van der Waals surface area contributed by atoms with Gasteiger partial charge in [0.15, 0.2) is 11.8 Å². The largest absolute Gasteiger partial charge is 0.370 e. The molecule has 1 aromatic rings. The molecule has 0 unspecified atom stereocenters. The van der Waals surface area contributed by atoms with Crippen molar-refractivity contribution in [3.63, 3.8) is 0 Å². The van der Waals surface area contributed by atoms with E-state index in [4.69, 9.17) is 10.3 Å². The molecule has 1 heterocycles. The molecule has 84 valence electrons. The lowest BCUT2D eigenvalue weighted by atomic mass is 10.5. The molecule has 0 fully saturated rings. The summed E-state index contributed by atoms with van der Waals surface area (Å²) < 4.78 is 4.92. The highest BCUT2D eigenvalue weighted by Crippen LogP contribution is 1.98. The van der Waals surface area contributed by atoms with Gasteiger partial charge < -0.3 is 15.2 Å². The van der Waals surface area contributed by atoms with Crippen molar-refractivity contribution in [2.45, 2.75) is 27.3 Å². The molecule has 1 aromatic heterocycles. The SMILES string of the molecule is CCN(CC)C(N)=NCc1nc(C)no1. The van der Waals surface area contributed by atoms with Crippen LogP contribution in [0.15, 0.2) is 9.52 Å². The number of guanidine groups is 1. The Bertz CT molecular complexity index is 329. The molecule has 0 aromatic carbocycles. The second-order valence-corrected chi connectivity index (χ2v) is 3.08. The topological polar surface area (TPSA) is 80.5 Å². The molecule has 6 nitrogen and oxygen atoms in total. The molecule has 15 heavy (non-hydrogen) atoms. The predicted molar refractivity (Wildman–Crippen MR) is 57.3 cm³/mol. The third-order valence-electron chi connectivity index (χ3n) is 2.03. The lowest BCUT2D eigenvalue weighted by Gasteiger charge is -2.18. The molecule has 0 atom stereocenters. The van der Waals surface area contributed by atoms with Crippen LogP contribution in [0.1, 0.15) is 25.6 Å². The minimum atomic E-state index is 0.336. The molecule has 0 aliphatic heterocycles. The number of aromatic nitrogens is 2. The van der Waals surface area contributed by atoms with Crippen LogP contribution in [-0.2, 0) is 6.54 Å². The van der Waals surface area contributed by atoms with Crippen LogP contribution in [0.5, 0.6) is 0 Å². The van der Waals surface area contributed by atoms with E-state index >= 15 is 0 Å². The summed E-state index contributed by atoms with van der Waals surface area (Å²) in [6, 6.07) is 0. The van der Waals surface area contributed by atoms with Crippen LogP contribution in [0.25, 0.3) is 0 Å². The highest BCUT2D eigenvalue weighted by molar-refractivity contribution is 5.77. The quantitative estimate of drug-likeness (QED) is 0.580. The van der Waals surface area contributed by atoms with Crippen LogP contribution < -0.4 is 5.73 Å². The van der Waals surface area contributed by atoms with Gasteiger partial charge in [-0.05, 0) is 20.8 Å². The van der Waals surface area contributed by atoms with Crippen LogP contribution in [0.3, 0.4) is 0 Å². The maximum absolute atomic E-state index is 5.78. The summed E-state index contributed by atoms with van der Waals surface area (Å²) in [5.74, 6) is 1.61. The zero-order valence-electron chi connectivity index (χ0n) is 9.40. The summed E-state index contributed by atoms with van der Waals surface area (Å²) in [5, 5.41) is 3.67. The van der Waals surface area contributed by atoms with Gasteiger partial charge in [0.05, 0.1) is 0 Å². The second kappa shape index (κ2) is 5.33. The van der Waals surface area contributed by atoms with Crippen molar-refractivity contribution in [2.75, 3.05) is 13.1 Å². The van der Waals surface area contributed by atoms with Crippen LogP contribution in [-0.4, -0.2) is 34.1 Å². The Morgan fingerprint density at radius 2 is 2.13 bits per heavy atom. The molecule has 2 N–H and O–H groups in total. The van der Waals surface area contributed by atoms with Crippen LogP contribution >= 0.6 is 0 Å². The van der Waals surface area contributed by atoms with Crippen molar-refractivity contribution >= 4 is 5.96 Å². The van der Waals surface area contributed by atoms with Crippen molar-refractivity contribution in [1.29, 1.82) is 0 Å².